The number of hydrogen-bond donors (Lipinski definition) is 2. The molecule has 14 nitrogen and oxygen atoms in total. The van der Waals surface area contributed by atoms with E-state index in [-0.39, 0.29) is 17.0 Å². The number of aryl methyl sites for hydroxylation is 1. The Morgan fingerprint density at radius 1 is 0.368 bits per heavy atom. The van der Waals surface area contributed by atoms with Crippen LogP contribution < -0.4 is 15.1 Å². The first-order valence-corrected chi connectivity index (χ1v) is 41.3. The highest BCUT2D eigenvalue weighted by atomic mass is 19.4. The molecule has 0 bridgehead atoms. The Morgan fingerprint density at radius 2 is 0.672 bits per heavy atom. The maximum absolute atomic E-state index is 14.0. The second-order valence-corrected chi connectivity index (χ2v) is 31.4. The van der Waals surface area contributed by atoms with E-state index < -0.39 is 59.3 Å². The average molecular weight is 1670 g/mol. The molecule has 0 aliphatic carbocycles. The molecular formula is C105H93F6N11O3. The molecule has 0 radical (unpaired) electrons. The Labute approximate surface area is 723 Å². The minimum atomic E-state index is -4.60. The monoisotopic (exact) mass is 1670 g/mol. The molecule has 0 atom stereocenters. The van der Waals surface area contributed by atoms with Gasteiger partial charge in [-0.2, -0.15) is 26.3 Å². The van der Waals surface area contributed by atoms with Crippen LogP contribution in [0.3, 0.4) is 0 Å². The summed E-state index contributed by atoms with van der Waals surface area (Å²) in [4.78, 5) is 32.3. The van der Waals surface area contributed by atoms with Crippen LogP contribution in [0.4, 0.5) is 43.4 Å². The van der Waals surface area contributed by atoms with E-state index in [0.29, 0.717) is 41.9 Å². The highest BCUT2D eigenvalue weighted by Crippen LogP contribution is 2.45. The van der Waals surface area contributed by atoms with E-state index in [0.717, 1.165) is 104 Å². The Hall–Kier alpha value is -14.7. The number of hydrogen-bond acceptors (Lipinski definition) is 10. The van der Waals surface area contributed by atoms with Gasteiger partial charge in [0.2, 0.25) is 17.6 Å². The van der Waals surface area contributed by atoms with Crippen LogP contribution >= 0.6 is 0 Å². The molecule has 1 amide bonds. The van der Waals surface area contributed by atoms with Crippen LogP contribution in [0, 0.1) is 18.8 Å². The van der Waals surface area contributed by atoms with Gasteiger partial charge in [0.05, 0.1) is 35.3 Å². The van der Waals surface area contributed by atoms with E-state index in [9.17, 15) is 35.9 Å². The average Bonchev–Trinajstić information content (AvgIpc) is 1.69. The molecule has 20 heteroatoms. The highest BCUT2D eigenvalue weighted by molar-refractivity contribution is 5.98. The summed E-state index contributed by atoms with van der Waals surface area (Å²) < 4.78 is 79.0. The Bertz CT molecular complexity index is 6030. The van der Waals surface area contributed by atoms with Crippen LogP contribution in [0.25, 0.3) is 45.0 Å². The number of anilines is 3. The van der Waals surface area contributed by atoms with Crippen LogP contribution in [0.5, 0.6) is 0 Å². The maximum Gasteiger partial charge on any atom is 0.416 e. The fourth-order valence-electron chi connectivity index (χ4n) is 16.2. The van der Waals surface area contributed by atoms with E-state index >= 15 is 0 Å². The fourth-order valence-corrected chi connectivity index (χ4v) is 16.2. The Morgan fingerprint density at radius 3 is 1.02 bits per heavy atom. The van der Waals surface area contributed by atoms with Crippen LogP contribution in [-0.2, 0) is 59.0 Å². The standard InChI is InChI=1S/C52H45F3N6O.C44H41N5.C9H7F3O2/c1-37(2)35-60(36-38-19-7-3-8-20-38)48-32-31-39(33-47(48)56-49(62)34-40-21-15-18-30-46(40)52(53,54)55)44-28-16-17-29-45(44)50-57-59-61(58-50)51(41-22-9-4-10-23-41,42-24-11-5-12-25-42)43-26-13-6-14-27-43;1-33(2)31-48(32-35-18-8-4-9-19-35)42-29-28-36(30-34(42)3)40-26-16-17-27-41(40)43-45-47-49(46-43)44(37-20-10-5-11-21-37,38-22-12-6-13-23-38)39-24-14-7-15-25-39;10-9(11,12)7-4-2-1-3-6(7)5-8(13)14/h3-33,37H,34-36H2,1-2H3,(H,56,62);4-30,33H,31-32H2,1-3H3;1-4H,5H2,(H,13,14). The van der Waals surface area contributed by atoms with E-state index in [2.05, 4.69) is 226 Å². The maximum atomic E-state index is 14.0. The summed E-state index contributed by atoms with van der Waals surface area (Å²) in [6, 6.07) is 121. The molecule has 628 valence electrons. The second kappa shape index (κ2) is 39.5. The van der Waals surface area contributed by atoms with Crippen LogP contribution in [0.2, 0.25) is 0 Å². The zero-order chi connectivity index (χ0) is 87.5. The van der Waals surface area contributed by atoms with Crippen molar-refractivity contribution < 1.29 is 41.0 Å². The van der Waals surface area contributed by atoms with Crippen molar-refractivity contribution in [1.29, 1.82) is 0 Å². The largest absolute Gasteiger partial charge is 0.481 e. The quantitative estimate of drug-likeness (QED) is 0.0373. The van der Waals surface area contributed by atoms with Crippen molar-refractivity contribution in [3.8, 4) is 45.0 Å². The minimum absolute atomic E-state index is 0.101. The topological polar surface area (TPSA) is 160 Å². The molecule has 0 aliphatic rings. The lowest BCUT2D eigenvalue weighted by Crippen LogP contribution is -2.39. The molecule has 0 spiro atoms. The smallest absolute Gasteiger partial charge is 0.416 e. The molecule has 0 saturated carbocycles. The molecule has 0 saturated heterocycles. The first kappa shape index (κ1) is 86.7. The normalized spacial score (nSPS) is 11.6. The number of carbonyl (C=O) groups is 2. The number of carboxylic acid groups (broad SMARTS) is 1. The first-order chi connectivity index (χ1) is 60.6. The van der Waals surface area contributed by atoms with Crippen molar-refractivity contribution in [3.63, 3.8) is 0 Å². The number of benzene rings is 14. The van der Waals surface area contributed by atoms with Crippen molar-refractivity contribution >= 4 is 28.9 Å². The predicted molar refractivity (Wildman–Crippen MR) is 483 cm³/mol. The highest BCUT2D eigenvalue weighted by Gasteiger charge is 2.44. The predicted octanol–water partition coefficient (Wildman–Crippen LogP) is 23.9. The number of carbonyl (C=O) groups excluding carboxylic acids is 1. The number of nitrogens with one attached hydrogen (secondary N) is 1. The van der Waals surface area contributed by atoms with Gasteiger partial charge in [-0.15, -0.1) is 30.0 Å². The van der Waals surface area contributed by atoms with E-state index in [1.165, 1.54) is 47.1 Å². The number of rotatable bonds is 27. The van der Waals surface area contributed by atoms with Crippen LogP contribution in [0.1, 0.15) is 100 Å². The van der Waals surface area contributed by atoms with Gasteiger partial charge in [0.25, 0.3) is 0 Å². The number of amides is 1. The van der Waals surface area contributed by atoms with Crippen molar-refractivity contribution in [1.82, 2.24) is 40.4 Å². The number of nitrogens with zero attached hydrogens (tertiary/aromatic N) is 10. The van der Waals surface area contributed by atoms with Gasteiger partial charge in [-0.25, -0.2) is 0 Å². The lowest BCUT2D eigenvalue weighted by atomic mass is 9.77. The summed E-state index contributed by atoms with van der Waals surface area (Å²) in [7, 11) is 0. The van der Waals surface area contributed by atoms with Crippen LogP contribution in [0.15, 0.2) is 376 Å². The molecule has 14 aromatic carbocycles. The van der Waals surface area contributed by atoms with Gasteiger partial charge in [-0.3, -0.25) is 9.59 Å². The summed E-state index contributed by atoms with van der Waals surface area (Å²) in [5.41, 5.74) is 13.6. The number of aromatic nitrogens is 8. The number of carboxylic acids is 1. The van der Waals surface area contributed by atoms with Gasteiger partial charge >= 0.3 is 18.3 Å². The zero-order valence-corrected chi connectivity index (χ0v) is 69.7. The molecule has 2 N–H and O–H groups in total. The summed E-state index contributed by atoms with van der Waals surface area (Å²) in [6.07, 6.45) is -10.2. The summed E-state index contributed by atoms with van der Waals surface area (Å²) >= 11 is 0. The number of halogens is 6. The zero-order valence-electron chi connectivity index (χ0n) is 69.7. The lowest BCUT2D eigenvalue weighted by Gasteiger charge is -2.34. The summed E-state index contributed by atoms with van der Waals surface area (Å²) in [5, 5.41) is 40.8. The second-order valence-electron chi connectivity index (χ2n) is 31.4. The van der Waals surface area contributed by atoms with Gasteiger partial charge in [0, 0.05) is 43.0 Å². The van der Waals surface area contributed by atoms with Crippen LogP contribution in [-0.4, -0.2) is 70.5 Å². The fraction of sp³-hybridized carbons (Fsp3) is 0.162. The van der Waals surface area contributed by atoms with Crippen molar-refractivity contribution in [2.75, 3.05) is 28.2 Å². The molecule has 0 unspecified atom stereocenters. The Kier molecular flexibility index (Phi) is 27.4. The van der Waals surface area contributed by atoms with Crippen molar-refractivity contribution in [3.05, 3.63) is 448 Å². The van der Waals surface area contributed by atoms with E-state index in [1.807, 2.05) is 152 Å². The minimum Gasteiger partial charge on any atom is -0.481 e. The molecule has 125 heavy (non-hydrogen) atoms. The summed E-state index contributed by atoms with van der Waals surface area (Å²) in [6.45, 7) is 14.1. The van der Waals surface area contributed by atoms with Gasteiger partial charge in [0.1, 0.15) is 0 Å². The molecular weight excluding hydrogens is 1580 g/mol. The van der Waals surface area contributed by atoms with Gasteiger partial charge in [0.15, 0.2) is 11.1 Å². The molecule has 0 fully saturated rings. The van der Waals surface area contributed by atoms with Gasteiger partial charge in [-0.05, 0) is 149 Å². The van der Waals surface area contributed by atoms with E-state index in [1.54, 1.807) is 9.59 Å². The first-order valence-electron chi connectivity index (χ1n) is 41.3. The third kappa shape index (κ3) is 20.3. The summed E-state index contributed by atoms with van der Waals surface area (Å²) in [5.74, 6) is -0.0912. The Balaban J connectivity index is 0.000000179. The van der Waals surface area contributed by atoms with E-state index in [4.69, 9.17) is 35.9 Å². The third-order valence-electron chi connectivity index (χ3n) is 21.6. The van der Waals surface area contributed by atoms with Gasteiger partial charge < -0.3 is 20.2 Å². The lowest BCUT2D eigenvalue weighted by molar-refractivity contribution is -0.140. The third-order valence-corrected chi connectivity index (χ3v) is 21.6. The number of aliphatic carboxylic acids is 1. The molecule has 2 heterocycles. The number of alkyl halides is 6. The van der Waals surface area contributed by atoms with Crippen molar-refractivity contribution in [2.45, 2.75) is 84.0 Å². The molecule has 16 rings (SSSR count). The molecule has 0 aliphatic heterocycles. The van der Waals surface area contributed by atoms with Gasteiger partial charge in [-0.1, -0.05) is 367 Å². The SMILES string of the molecule is CC(C)CN(Cc1ccccc1)c1ccc(-c2ccccc2-c2nnn(C(c3ccccc3)(c3ccccc3)c3ccccc3)n2)cc1NC(=O)Cc1ccccc1C(F)(F)F.Cc1cc(-c2ccccc2-c2nnn(C(c3ccccc3)(c3ccccc3)c3ccccc3)n2)ccc1N(Cc1ccccc1)CC(C)C.O=C(O)Cc1ccccc1C(F)(F)F. The number of tetrazole rings is 2. The molecule has 16 aromatic rings. The van der Waals surface area contributed by atoms with Crippen molar-refractivity contribution in [2.24, 2.45) is 11.8 Å². The molecule has 2 aromatic heterocycles.